The summed E-state index contributed by atoms with van der Waals surface area (Å²) >= 11 is 0. The number of amides is 3. The molecule has 4 rings (SSSR count). The van der Waals surface area contributed by atoms with Crippen LogP contribution in [0.25, 0.3) is 11.1 Å². The van der Waals surface area contributed by atoms with E-state index in [2.05, 4.69) is 10.6 Å². The van der Waals surface area contributed by atoms with Crippen LogP contribution in [-0.2, 0) is 4.79 Å². The first-order valence-corrected chi connectivity index (χ1v) is 13.7. The third-order valence-corrected chi connectivity index (χ3v) is 7.48. The van der Waals surface area contributed by atoms with Crippen LogP contribution in [0.2, 0.25) is 0 Å². The Labute approximate surface area is 239 Å². The number of nitrogens with one attached hydrogen (secondary N) is 2. The number of ether oxygens (including phenoxy) is 1. The number of nitrogens with zero attached hydrogens (tertiary/aromatic N) is 1. The number of rotatable bonds is 8. The molecule has 3 amide bonds. The van der Waals surface area contributed by atoms with Gasteiger partial charge in [0.25, 0.3) is 5.91 Å². The third-order valence-electron chi connectivity index (χ3n) is 7.48. The number of carbonyl (C=O) groups excluding carboxylic acids is 2. The van der Waals surface area contributed by atoms with Gasteiger partial charge in [-0.15, -0.1) is 0 Å². The number of hydrogen-bond acceptors (Lipinski definition) is 4. The molecule has 3 aromatic rings. The summed E-state index contributed by atoms with van der Waals surface area (Å²) in [7, 11) is 1.38. The van der Waals surface area contributed by atoms with E-state index in [9.17, 15) is 23.9 Å². The lowest BCUT2D eigenvalue weighted by atomic mass is 9.93. The van der Waals surface area contributed by atoms with Gasteiger partial charge in [-0.3, -0.25) is 9.59 Å². The molecule has 0 atom stereocenters. The predicted molar refractivity (Wildman–Crippen MR) is 157 cm³/mol. The number of carboxylic acids is 1. The summed E-state index contributed by atoms with van der Waals surface area (Å²) in [5.41, 5.74) is 4.93. The van der Waals surface area contributed by atoms with Crippen LogP contribution in [-0.4, -0.2) is 47.6 Å². The highest BCUT2D eigenvalue weighted by atomic mass is 19.1. The number of methoxy groups -OCH3 is 1. The van der Waals surface area contributed by atoms with Crippen molar-refractivity contribution >= 4 is 29.3 Å². The SMILES string of the molecule is COc1ccc(-c2ccc(C(=O)N(CC(=O)O)C3CCCCC3)c(NC(=O)Nc3c(C)cc(C)cc3C)c2)cc1F. The van der Waals surface area contributed by atoms with E-state index in [0.717, 1.165) is 48.8 Å². The topological polar surface area (TPSA) is 108 Å². The molecule has 0 saturated heterocycles. The van der Waals surface area contributed by atoms with E-state index < -0.39 is 30.3 Å². The van der Waals surface area contributed by atoms with Crippen LogP contribution in [0.15, 0.2) is 48.5 Å². The van der Waals surface area contributed by atoms with E-state index >= 15 is 0 Å². The molecular formula is C32H36FN3O5. The molecule has 0 aliphatic heterocycles. The summed E-state index contributed by atoms with van der Waals surface area (Å²) in [4.78, 5) is 40.3. The lowest BCUT2D eigenvalue weighted by Crippen LogP contribution is -2.44. The number of anilines is 2. The van der Waals surface area contributed by atoms with Crippen LogP contribution in [0.3, 0.4) is 0 Å². The molecule has 1 saturated carbocycles. The smallest absolute Gasteiger partial charge is 0.323 e. The molecule has 216 valence electrons. The van der Waals surface area contributed by atoms with Gasteiger partial charge in [0.05, 0.1) is 18.4 Å². The molecular weight excluding hydrogens is 525 g/mol. The lowest BCUT2D eigenvalue weighted by molar-refractivity contribution is -0.138. The number of halogens is 1. The summed E-state index contributed by atoms with van der Waals surface area (Å²) in [5.74, 6) is -2.04. The highest BCUT2D eigenvalue weighted by Gasteiger charge is 2.30. The van der Waals surface area contributed by atoms with Crippen molar-refractivity contribution in [2.45, 2.75) is 58.9 Å². The number of carboxylic acid groups (broad SMARTS) is 1. The Balaban J connectivity index is 1.73. The summed E-state index contributed by atoms with van der Waals surface area (Å²) in [6.07, 6.45) is 4.32. The average molecular weight is 562 g/mol. The maximum absolute atomic E-state index is 14.5. The Kier molecular flexibility index (Phi) is 9.27. The Morgan fingerprint density at radius 1 is 0.927 bits per heavy atom. The van der Waals surface area contributed by atoms with Gasteiger partial charge in [0.2, 0.25) is 0 Å². The normalized spacial score (nSPS) is 13.4. The van der Waals surface area contributed by atoms with Crippen LogP contribution >= 0.6 is 0 Å². The highest BCUT2D eigenvalue weighted by Crippen LogP contribution is 2.32. The van der Waals surface area contributed by atoms with Gasteiger partial charge in [-0.2, -0.15) is 0 Å². The molecule has 1 aliphatic rings. The van der Waals surface area contributed by atoms with E-state index in [1.165, 1.54) is 24.1 Å². The second-order valence-electron chi connectivity index (χ2n) is 10.6. The van der Waals surface area contributed by atoms with Crippen LogP contribution in [0.5, 0.6) is 5.75 Å². The minimum Gasteiger partial charge on any atom is -0.494 e. The van der Waals surface area contributed by atoms with Gasteiger partial charge in [0, 0.05) is 11.7 Å². The Morgan fingerprint density at radius 2 is 1.56 bits per heavy atom. The van der Waals surface area contributed by atoms with Gasteiger partial charge in [0.15, 0.2) is 11.6 Å². The maximum atomic E-state index is 14.5. The molecule has 0 unspecified atom stereocenters. The first-order chi connectivity index (χ1) is 19.6. The number of aryl methyl sites for hydroxylation is 3. The largest absolute Gasteiger partial charge is 0.494 e. The summed E-state index contributed by atoms with van der Waals surface area (Å²) in [6.45, 7) is 5.33. The van der Waals surface area contributed by atoms with Crippen LogP contribution in [0, 0.1) is 26.6 Å². The van der Waals surface area contributed by atoms with E-state index in [1.54, 1.807) is 24.3 Å². The van der Waals surface area contributed by atoms with E-state index in [1.807, 2.05) is 32.9 Å². The van der Waals surface area contributed by atoms with Gasteiger partial charge in [-0.05, 0) is 80.1 Å². The molecule has 0 aromatic heterocycles. The van der Waals surface area contributed by atoms with Crippen molar-refractivity contribution in [2.24, 2.45) is 0 Å². The molecule has 3 N–H and O–H groups in total. The van der Waals surface area contributed by atoms with Gasteiger partial charge < -0.3 is 25.4 Å². The molecule has 3 aromatic carbocycles. The number of carbonyl (C=O) groups is 3. The highest BCUT2D eigenvalue weighted by molar-refractivity contribution is 6.08. The molecule has 41 heavy (non-hydrogen) atoms. The van der Waals surface area contributed by atoms with Crippen LogP contribution < -0.4 is 15.4 Å². The van der Waals surface area contributed by atoms with Crippen molar-refractivity contribution in [3.63, 3.8) is 0 Å². The number of benzene rings is 3. The fourth-order valence-corrected chi connectivity index (χ4v) is 5.56. The maximum Gasteiger partial charge on any atom is 0.323 e. The van der Waals surface area contributed by atoms with E-state index in [-0.39, 0.29) is 23.0 Å². The lowest BCUT2D eigenvalue weighted by Gasteiger charge is -2.33. The molecule has 1 fully saturated rings. The Morgan fingerprint density at radius 3 is 2.17 bits per heavy atom. The molecule has 0 heterocycles. The van der Waals surface area contributed by atoms with E-state index in [4.69, 9.17) is 4.74 Å². The van der Waals surface area contributed by atoms with Crippen molar-refractivity contribution in [3.8, 4) is 16.9 Å². The number of hydrogen-bond donors (Lipinski definition) is 3. The number of aliphatic carboxylic acids is 1. The summed E-state index contributed by atoms with van der Waals surface area (Å²) < 4.78 is 19.5. The first kappa shape index (κ1) is 29.6. The second kappa shape index (κ2) is 12.8. The Bertz CT molecular complexity index is 1440. The monoisotopic (exact) mass is 561 g/mol. The third kappa shape index (κ3) is 7.03. The number of urea groups is 1. The standard InChI is InChI=1S/C32H36FN3O5/c1-19-14-20(2)30(21(3)15-19)35-32(40)34-27-17-23(22-11-13-28(41-4)26(33)16-22)10-12-25(27)31(39)36(18-29(37)38)24-8-6-5-7-9-24/h10-17,24H,5-9,18H2,1-4H3,(H,37,38)(H2,34,35,40). The zero-order valence-corrected chi connectivity index (χ0v) is 23.8. The van der Waals surface area contributed by atoms with Gasteiger partial charge in [-0.1, -0.05) is 49.1 Å². The van der Waals surface area contributed by atoms with E-state index in [0.29, 0.717) is 16.8 Å². The quantitative estimate of drug-likeness (QED) is 0.276. The summed E-state index contributed by atoms with van der Waals surface area (Å²) in [5, 5.41) is 15.3. The van der Waals surface area contributed by atoms with Gasteiger partial charge >= 0.3 is 12.0 Å². The molecule has 1 aliphatic carbocycles. The molecule has 0 spiro atoms. The van der Waals surface area contributed by atoms with Crippen molar-refractivity contribution in [1.82, 2.24) is 4.90 Å². The molecule has 8 nitrogen and oxygen atoms in total. The van der Waals surface area contributed by atoms with Crippen molar-refractivity contribution < 1.29 is 28.6 Å². The zero-order chi connectivity index (χ0) is 29.7. The molecule has 0 bridgehead atoms. The fourth-order valence-electron chi connectivity index (χ4n) is 5.56. The Hall–Kier alpha value is -4.40. The molecule has 9 heteroatoms. The van der Waals surface area contributed by atoms with Crippen molar-refractivity contribution in [2.75, 3.05) is 24.3 Å². The van der Waals surface area contributed by atoms with Gasteiger partial charge in [-0.25, -0.2) is 9.18 Å². The zero-order valence-electron chi connectivity index (χ0n) is 23.8. The van der Waals surface area contributed by atoms with Gasteiger partial charge in [0.1, 0.15) is 6.54 Å². The molecule has 0 radical (unpaired) electrons. The average Bonchev–Trinajstić information content (AvgIpc) is 2.93. The minimum absolute atomic E-state index is 0.0962. The van der Waals surface area contributed by atoms with Crippen molar-refractivity contribution in [3.05, 3.63) is 76.6 Å². The van der Waals surface area contributed by atoms with Crippen LogP contribution in [0.4, 0.5) is 20.6 Å². The first-order valence-electron chi connectivity index (χ1n) is 13.7. The fraction of sp³-hybridized carbons (Fsp3) is 0.344. The van der Waals surface area contributed by atoms with Crippen LogP contribution in [0.1, 0.15) is 59.2 Å². The van der Waals surface area contributed by atoms with Crippen molar-refractivity contribution in [1.29, 1.82) is 0 Å². The summed E-state index contributed by atoms with van der Waals surface area (Å²) in [6, 6.07) is 12.5. The second-order valence-corrected chi connectivity index (χ2v) is 10.6. The predicted octanol–water partition coefficient (Wildman–Crippen LogP) is 6.93. The minimum atomic E-state index is -1.10.